The van der Waals surface area contributed by atoms with Crippen molar-refractivity contribution in [3.8, 4) is 10.8 Å². The van der Waals surface area contributed by atoms with Gasteiger partial charge in [0.05, 0.1) is 36.1 Å². The maximum absolute atomic E-state index is 13.9. The number of aromatic nitrogens is 1. The van der Waals surface area contributed by atoms with Gasteiger partial charge in [-0.25, -0.2) is 4.79 Å². The molecule has 7 heteroatoms. The van der Waals surface area contributed by atoms with Crippen molar-refractivity contribution in [1.82, 2.24) is 9.47 Å². The molecule has 0 fully saturated rings. The highest BCUT2D eigenvalue weighted by Gasteiger charge is 2.36. The fraction of sp³-hybridized carbons (Fsp3) is 0.250. The van der Waals surface area contributed by atoms with Crippen molar-refractivity contribution in [1.29, 1.82) is 0 Å². The molecule has 178 valence electrons. The minimum absolute atomic E-state index is 0.171. The highest BCUT2D eigenvalue weighted by Crippen LogP contribution is 2.44. The Morgan fingerprint density at radius 2 is 1.83 bits per heavy atom. The maximum atomic E-state index is 13.9. The molecular formula is C28H26ClN3O2S. The van der Waals surface area contributed by atoms with Crippen LogP contribution >= 0.6 is 22.9 Å². The number of aryl methyl sites for hydroxylation is 1. The number of rotatable bonds is 3. The average Bonchev–Trinajstić information content (AvgIpc) is 3.47. The Labute approximate surface area is 213 Å². The molecule has 2 aromatic carbocycles. The summed E-state index contributed by atoms with van der Waals surface area (Å²) < 4.78 is 7.68. The Morgan fingerprint density at radius 1 is 1.03 bits per heavy atom. The van der Waals surface area contributed by atoms with Gasteiger partial charge in [0, 0.05) is 16.6 Å². The number of benzene rings is 2. The molecule has 6 rings (SSSR count). The number of nitrogens with one attached hydrogen (secondary N) is 1. The highest BCUT2D eigenvalue weighted by molar-refractivity contribution is 7.15. The summed E-state index contributed by atoms with van der Waals surface area (Å²) in [4.78, 5) is 17.4. The first kappa shape index (κ1) is 22.3. The van der Waals surface area contributed by atoms with Gasteiger partial charge in [0.25, 0.3) is 0 Å². The van der Waals surface area contributed by atoms with E-state index in [4.69, 9.17) is 16.3 Å². The van der Waals surface area contributed by atoms with Crippen LogP contribution in [0.4, 0.5) is 10.5 Å². The lowest BCUT2D eigenvalue weighted by Gasteiger charge is -2.31. The molecule has 35 heavy (non-hydrogen) atoms. The van der Waals surface area contributed by atoms with Crippen LogP contribution in [-0.2, 0) is 19.4 Å². The van der Waals surface area contributed by atoms with Crippen molar-refractivity contribution in [3.63, 3.8) is 0 Å². The number of thiophene rings is 1. The van der Waals surface area contributed by atoms with E-state index in [2.05, 4.69) is 28.2 Å². The van der Waals surface area contributed by atoms with E-state index in [-0.39, 0.29) is 12.1 Å². The Bertz CT molecular complexity index is 1390. The molecule has 3 heterocycles. The standard InChI is InChI=1S/C28H26ClN3O2S/c1-34-19-14-12-18(13-15-19)26-24-10-6-16-31(24)27-21(20-7-2-5-11-25(20)35-27)17-32(26)28(33)30-23-9-4-3-8-22(23)29/h3-4,6,8-10,12-16,26H,2,5,7,11,17H2,1H3,(H,30,33)/t26-/m1/s1. The number of nitrogens with zero attached hydrogens (tertiary/aromatic N) is 2. The molecule has 0 spiro atoms. The number of urea groups is 1. The normalized spacial score (nSPS) is 16.6. The zero-order valence-corrected chi connectivity index (χ0v) is 21.0. The van der Waals surface area contributed by atoms with Crippen molar-refractivity contribution in [3.05, 3.63) is 99.1 Å². The lowest BCUT2D eigenvalue weighted by atomic mass is 9.95. The Morgan fingerprint density at radius 3 is 2.63 bits per heavy atom. The number of amides is 2. The van der Waals surface area contributed by atoms with Gasteiger partial charge in [-0.1, -0.05) is 35.9 Å². The smallest absolute Gasteiger partial charge is 0.323 e. The average molecular weight is 504 g/mol. The van der Waals surface area contributed by atoms with Crippen molar-refractivity contribution < 1.29 is 9.53 Å². The summed E-state index contributed by atoms with van der Waals surface area (Å²) in [6.07, 6.45) is 6.75. The molecule has 0 radical (unpaired) electrons. The van der Waals surface area contributed by atoms with Gasteiger partial charge in [-0.2, -0.15) is 0 Å². The fourth-order valence-corrected chi connectivity index (χ4v) is 6.86. The van der Waals surface area contributed by atoms with Crippen LogP contribution in [0, 0.1) is 0 Å². The van der Waals surface area contributed by atoms with Crippen molar-refractivity contribution in [2.24, 2.45) is 0 Å². The summed E-state index contributed by atoms with van der Waals surface area (Å²) in [5, 5.41) is 4.84. The van der Waals surface area contributed by atoms with E-state index in [9.17, 15) is 4.79 Å². The van der Waals surface area contributed by atoms with E-state index in [1.165, 1.54) is 33.8 Å². The predicted molar refractivity (Wildman–Crippen MR) is 141 cm³/mol. The van der Waals surface area contributed by atoms with Crippen molar-refractivity contribution in [2.75, 3.05) is 12.4 Å². The van der Waals surface area contributed by atoms with Crippen LogP contribution in [0.3, 0.4) is 0 Å². The summed E-state index contributed by atoms with van der Waals surface area (Å²) in [5.74, 6) is 0.790. The zero-order valence-electron chi connectivity index (χ0n) is 19.5. The second kappa shape index (κ2) is 9.10. The lowest BCUT2D eigenvalue weighted by Crippen LogP contribution is -2.38. The number of hydrogen-bond donors (Lipinski definition) is 1. The number of carbonyl (C=O) groups is 1. The third-order valence-corrected chi connectivity index (χ3v) is 8.65. The molecular weight excluding hydrogens is 478 g/mol. The largest absolute Gasteiger partial charge is 0.497 e. The molecule has 1 N–H and O–H groups in total. The summed E-state index contributed by atoms with van der Waals surface area (Å²) in [5.41, 5.74) is 5.42. The summed E-state index contributed by atoms with van der Waals surface area (Å²) in [6, 6.07) is 19.1. The number of ether oxygens (including phenoxy) is 1. The van der Waals surface area contributed by atoms with Crippen molar-refractivity contribution in [2.45, 2.75) is 38.3 Å². The van der Waals surface area contributed by atoms with Gasteiger partial charge in [-0.05, 0) is 73.2 Å². The second-order valence-corrected chi connectivity index (χ2v) is 10.5. The molecule has 2 amide bonds. The molecule has 1 aliphatic carbocycles. The molecule has 5 nitrogen and oxygen atoms in total. The minimum atomic E-state index is -0.266. The third-order valence-electron chi connectivity index (χ3n) is 6.99. The first-order chi connectivity index (χ1) is 17.1. The number of carbonyl (C=O) groups excluding carboxylic acids is 1. The molecule has 0 unspecified atom stereocenters. The topological polar surface area (TPSA) is 46.5 Å². The highest BCUT2D eigenvalue weighted by atomic mass is 35.5. The molecule has 0 saturated heterocycles. The number of halogens is 1. The molecule has 0 saturated carbocycles. The van der Waals surface area contributed by atoms with Gasteiger partial charge in [-0.15, -0.1) is 11.3 Å². The SMILES string of the molecule is COc1ccc([C@@H]2c3cccn3-c3sc4c(c3CN2C(=O)Nc2ccccc2Cl)CCCC4)cc1. The van der Waals surface area contributed by atoms with Crippen LogP contribution in [0.15, 0.2) is 66.9 Å². The van der Waals surface area contributed by atoms with E-state index in [0.717, 1.165) is 29.8 Å². The van der Waals surface area contributed by atoms with Crippen LogP contribution in [0.25, 0.3) is 5.00 Å². The van der Waals surface area contributed by atoms with E-state index >= 15 is 0 Å². The number of para-hydroxylation sites is 1. The van der Waals surface area contributed by atoms with Crippen LogP contribution in [0.2, 0.25) is 5.02 Å². The molecule has 4 aromatic rings. The molecule has 1 atom stereocenters. The molecule has 2 aromatic heterocycles. The first-order valence-electron chi connectivity index (χ1n) is 11.9. The van der Waals surface area contributed by atoms with E-state index in [0.29, 0.717) is 17.3 Å². The monoisotopic (exact) mass is 503 g/mol. The third kappa shape index (κ3) is 3.91. The summed E-state index contributed by atoms with van der Waals surface area (Å²) in [7, 11) is 1.66. The van der Waals surface area contributed by atoms with E-state index in [1.807, 2.05) is 58.7 Å². The van der Waals surface area contributed by atoms with Gasteiger partial charge in [0.15, 0.2) is 0 Å². The van der Waals surface area contributed by atoms with Gasteiger partial charge in [-0.3, -0.25) is 0 Å². The van der Waals surface area contributed by atoms with Gasteiger partial charge < -0.3 is 19.5 Å². The quantitative estimate of drug-likeness (QED) is 0.321. The summed E-state index contributed by atoms with van der Waals surface area (Å²) >= 11 is 8.28. The van der Waals surface area contributed by atoms with Gasteiger partial charge in [0.1, 0.15) is 10.8 Å². The number of fused-ring (bicyclic) bond motifs is 5. The number of anilines is 1. The maximum Gasteiger partial charge on any atom is 0.323 e. The molecule has 2 aliphatic rings. The van der Waals surface area contributed by atoms with Gasteiger partial charge >= 0.3 is 6.03 Å². The Kier molecular flexibility index (Phi) is 5.78. The Balaban J connectivity index is 1.50. The molecule has 0 bridgehead atoms. The fourth-order valence-electron chi connectivity index (χ4n) is 5.27. The first-order valence-corrected chi connectivity index (χ1v) is 13.1. The van der Waals surface area contributed by atoms with Gasteiger partial charge in [0.2, 0.25) is 0 Å². The van der Waals surface area contributed by atoms with Crippen LogP contribution < -0.4 is 10.1 Å². The Hall–Kier alpha value is -3.22. The minimum Gasteiger partial charge on any atom is -0.497 e. The lowest BCUT2D eigenvalue weighted by molar-refractivity contribution is 0.194. The number of methoxy groups -OCH3 is 1. The molecule has 1 aliphatic heterocycles. The summed E-state index contributed by atoms with van der Waals surface area (Å²) in [6.45, 7) is 0.538. The predicted octanol–water partition coefficient (Wildman–Crippen LogP) is 7.22. The van der Waals surface area contributed by atoms with Crippen molar-refractivity contribution >= 4 is 34.7 Å². The van der Waals surface area contributed by atoms with E-state index in [1.54, 1.807) is 13.2 Å². The van der Waals surface area contributed by atoms with Crippen LogP contribution in [0.1, 0.15) is 46.1 Å². The zero-order chi connectivity index (χ0) is 23.9. The number of hydrogen-bond acceptors (Lipinski definition) is 3. The van der Waals surface area contributed by atoms with Crippen LogP contribution in [0.5, 0.6) is 5.75 Å². The van der Waals surface area contributed by atoms with Crippen LogP contribution in [-0.4, -0.2) is 22.6 Å². The van der Waals surface area contributed by atoms with E-state index < -0.39 is 0 Å². The second-order valence-electron chi connectivity index (χ2n) is 9.01.